The Hall–Kier alpha value is 1.25. The molecular formula is C16H34Si2Sn2. The van der Waals surface area contributed by atoms with Gasteiger partial charge in [-0.15, -0.1) is 0 Å². The first-order valence-corrected chi connectivity index (χ1v) is 29.4. The molecule has 0 bridgehead atoms. The molecule has 1 aromatic rings. The van der Waals surface area contributed by atoms with Crippen molar-refractivity contribution in [1.29, 1.82) is 0 Å². The fourth-order valence-corrected chi connectivity index (χ4v) is 2.80. The molecule has 0 aliphatic rings. The summed E-state index contributed by atoms with van der Waals surface area (Å²) in [6.07, 6.45) is 0. The van der Waals surface area contributed by atoms with E-state index in [-0.39, 0.29) is 17.6 Å². The average Bonchev–Trinajstić information content (AvgIpc) is 2.27. The third-order valence-corrected chi connectivity index (χ3v) is 5.02. The zero-order valence-electron chi connectivity index (χ0n) is 15.3. The molecule has 0 nitrogen and oxygen atoms in total. The molecule has 0 aliphatic heterocycles. The van der Waals surface area contributed by atoms with Crippen LogP contribution in [0.5, 0.6) is 0 Å². The summed E-state index contributed by atoms with van der Waals surface area (Å²) in [5, 5.41) is 3.10. The van der Waals surface area contributed by atoms with E-state index in [1.807, 2.05) is 0 Å². The van der Waals surface area contributed by atoms with Crippen LogP contribution in [0.3, 0.4) is 0 Å². The summed E-state index contributed by atoms with van der Waals surface area (Å²) in [6.45, 7) is 9.35. The molecular weight excluding hydrogens is 486 g/mol. The van der Waals surface area contributed by atoms with Crippen LogP contribution < -0.4 is 10.4 Å². The predicted octanol–water partition coefficient (Wildman–Crippen LogP) is 4.35. The van der Waals surface area contributed by atoms with Gasteiger partial charge in [0.15, 0.2) is 0 Å². The molecule has 0 heterocycles. The Morgan fingerprint density at radius 1 is 0.550 bits per heavy atom. The molecule has 0 atom stereocenters. The Kier molecular flexibility index (Phi) is 16.3. The van der Waals surface area contributed by atoms with Crippen LogP contribution in [0.25, 0.3) is 0 Å². The van der Waals surface area contributed by atoms with Gasteiger partial charge in [0.25, 0.3) is 0 Å². The number of hydrogen-bond acceptors (Lipinski definition) is 0. The van der Waals surface area contributed by atoms with Crippen molar-refractivity contribution in [3.8, 4) is 0 Å². The first-order valence-electron chi connectivity index (χ1n) is 7.32. The van der Waals surface area contributed by atoms with Gasteiger partial charge in [0.05, 0.1) is 17.6 Å². The van der Waals surface area contributed by atoms with Gasteiger partial charge in [0.1, 0.15) is 0 Å². The van der Waals surface area contributed by atoms with Crippen LogP contribution in [0.2, 0.25) is 55.8 Å². The predicted molar refractivity (Wildman–Crippen MR) is 107 cm³/mol. The van der Waals surface area contributed by atoms with Gasteiger partial charge in [-0.3, -0.25) is 0 Å². The van der Waals surface area contributed by atoms with E-state index in [1.165, 1.54) is 0 Å². The molecule has 114 valence electrons. The van der Waals surface area contributed by atoms with Crippen molar-refractivity contribution in [2.24, 2.45) is 0 Å². The molecule has 20 heavy (non-hydrogen) atoms. The molecule has 0 N–H and O–H groups in total. The van der Waals surface area contributed by atoms with Crippen LogP contribution in [0.15, 0.2) is 24.3 Å². The first kappa shape index (κ1) is 23.5. The molecule has 0 saturated carbocycles. The summed E-state index contributed by atoms with van der Waals surface area (Å²) in [4.78, 5) is 14.2. The van der Waals surface area contributed by atoms with Gasteiger partial charge in [-0.05, 0) is 0 Å². The van der Waals surface area contributed by atoms with Gasteiger partial charge in [-0.2, -0.15) is 0 Å². The summed E-state index contributed by atoms with van der Waals surface area (Å²) in [5.74, 6) is 0. The van der Waals surface area contributed by atoms with Crippen molar-refractivity contribution in [3.05, 3.63) is 24.3 Å². The van der Waals surface area contributed by atoms with E-state index in [1.54, 1.807) is 10.4 Å². The zero-order valence-corrected chi connectivity index (χ0v) is 23.0. The van der Waals surface area contributed by atoms with Crippen LogP contribution in [0.4, 0.5) is 0 Å². The molecule has 1 aromatic carbocycles. The number of hydrogen-bond donors (Lipinski definition) is 0. The van der Waals surface area contributed by atoms with Gasteiger partial charge in [0.2, 0.25) is 0 Å². The van der Waals surface area contributed by atoms with E-state index >= 15 is 0 Å². The Bertz CT molecular complexity index is 281. The van der Waals surface area contributed by atoms with Crippen LogP contribution in [0, 0.1) is 0 Å². The molecule has 0 amide bonds. The standard InChI is InChI=1S/C10H16Si2.6CH3.2Sn/c1-11(2)9-5-7-10(8-6-9)12(3)4;;;;;;;;/h5-8H,1-4H3;6*1H3;;. The van der Waals surface area contributed by atoms with Crippen LogP contribution in [-0.4, -0.2) is 57.1 Å². The molecule has 1 rings (SSSR count). The van der Waals surface area contributed by atoms with Gasteiger partial charge in [-0.1, -0.05) is 60.8 Å². The van der Waals surface area contributed by atoms with Gasteiger partial charge >= 0.3 is 69.2 Å². The molecule has 0 spiro atoms. The monoisotopic (exact) mass is 522 g/mol. The average molecular weight is 520 g/mol. The Balaban J connectivity index is 0. The second-order valence-corrected chi connectivity index (χ2v) is 28.9. The molecule has 0 fully saturated rings. The normalized spacial score (nSPS) is 10.3. The quantitative estimate of drug-likeness (QED) is 0.510. The Morgan fingerprint density at radius 2 is 0.700 bits per heavy atom. The van der Waals surface area contributed by atoms with Crippen LogP contribution in [0.1, 0.15) is 0 Å². The first-order chi connectivity index (χ1) is 9.07. The number of rotatable bonds is 2. The Labute approximate surface area is 146 Å². The Morgan fingerprint density at radius 3 is 0.800 bits per heavy atom. The zero-order chi connectivity index (χ0) is 16.3. The minimum absolute atomic E-state index is 0.243. The van der Waals surface area contributed by atoms with Crippen molar-refractivity contribution in [2.45, 2.75) is 55.8 Å². The number of benzene rings is 1. The SMILES string of the molecule is C[Si](C)c1ccc([Si](C)C)cc1.[CH3][Sn]([CH3])[CH3].[CH3][Sn]([CH3])[CH3]. The molecule has 0 aromatic heterocycles. The molecule has 4 radical (unpaired) electrons. The van der Waals surface area contributed by atoms with Crippen molar-refractivity contribution in [3.63, 3.8) is 0 Å². The second kappa shape index (κ2) is 13.9. The summed E-state index contributed by atoms with van der Waals surface area (Å²) in [5.41, 5.74) is 0. The van der Waals surface area contributed by atoms with Crippen LogP contribution >= 0.6 is 0 Å². The van der Waals surface area contributed by atoms with E-state index in [4.69, 9.17) is 0 Å². The summed E-state index contributed by atoms with van der Waals surface area (Å²) in [6, 6.07) is 9.23. The molecule has 4 heteroatoms. The van der Waals surface area contributed by atoms with E-state index in [2.05, 4.69) is 80.1 Å². The minimum atomic E-state index is -0.543. The van der Waals surface area contributed by atoms with Crippen molar-refractivity contribution < 1.29 is 0 Å². The fourth-order valence-electron chi connectivity index (χ4n) is 1.14. The maximum atomic E-state index is 2.36. The van der Waals surface area contributed by atoms with Gasteiger partial charge in [-0.25, -0.2) is 0 Å². The van der Waals surface area contributed by atoms with E-state index < -0.39 is 39.5 Å². The second-order valence-electron chi connectivity index (χ2n) is 6.58. The summed E-state index contributed by atoms with van der Waals surface area (Å²) >= 11 is -1.09. The fraction of sp³-hybridized carbons (Fsp3) is 0.625. The van der Waals surface area contributed by atoms with Crippen LogP contribution in [-0.2, 0) is 0 Å². The topological polar surface area (TPSA) is 0 Å². The van der Waals surface area contributed by atoms with E-state index in [0.717, 1.165) is 0 Å². The van der Waals surface area contributed by atoms with Crippen molar-refractivity contribution >= 4 is 67.5 Å². The maximum absolute atomic E-state index is 2.36. The van der Waals surface area contributed by atoms with Crippen molar-refractivity contribution in [2.75, 3.05) is 0 Å². The summed E-state index contributed by atoms with van der Waals surface area (Å²) < 4.78 is 0. The van der Waals surface area contributed by atoms with Gasteiger partial charge < -0.3 is 0 Å². The van der Waals surface area contributed by atoms with E-state index in [0.29, 0.717) is 0 Å². The van der Waals surface area contributed by atoms with Gasteiger partial charge in [0, 0.05) is 0 Å². The van der Waals surface area contributed by atoms with Crippen molar-refractivity contribution in [1.82, 2.24) is 0 Å². The molecule has 0 unspecified atom stereocenters. The third kappa shape index (κ3) is 17.3. The molecule has 0 saturated heterocycles. The summed E-state index contributed by atoms with van der Waals surface area (Å²) in [7, 11) is -0.485. The van der Waals surface area contributed by atoms with E-state index in [9.17, 15) is 0 Å². The molecule has 0 aliphatic carbocycles. The third-order valence-electron chi connectivity index (χ3n) is 2.04.